The first-order chi connectivity index (χ1) is 59.9. The van der Waals surface area contributed by atoms with Gasteiger partial charge in [0.1, 0.15) is 6.61 Å². The molecule has 0 aliphatic rings. The Labute approximate surface area is 729 Å². The lowest BCUT2D eigenvalue weighted by Crippen LogP contribution is -2.70. The summed E-state index contributed by atoms with van der Waals surface area (Å²) in [7, 11) is 0. The minimum absolute atomic E-state index is 0.0193. The van der Waals surface area contributed by atoms with E-state index in [0.29, 0.717) is 317 Å². The first kappa shape index (κ1) is 126. The zero-order valence-corrected chi connectivity index (χ0v) is 74.6. The number of aliphatic hydroxyl groups is 2. The van der Waals surface area contributed by atoms with Crippen molar-refractivity contribution >= 4 is 17.9 Å². The maximum absolute atomic E-state index is 13.4. The summed E-state index contributed by atoms with van der Waals surface area (Å²) >= 11 is 0. The van der Waals surface area contributed by atoms with Crippen LogP contribution < -0.4 is 0 Å². The molecule has 0 bridgehead atoms. The van der Waals surface area contributed by atoms with Crippen molar-refractivity contribution in [2.45, 2.75) is 155 Å². The fourth-order valence-electron chi connectivity index (χ4n) is 8.50. The third-order valence-electron chi connectivity index (χ3n) is 16.8. The summed E-state index contributed by atoms with van der Waals surface area (Å²) < 4.78 is 307. The molecule has 0 rings (SSSR count). The summed E-state index contributed by atoms with van der Waals surface area (Å²) in [5, 5.41) is 17.2. The van der Waals surface area contributed by atoms with Gasteiger partial charge in [0, 0.05) is 92.3 Å². The standard InChI is InChI=1S/C42H84O20.C26H52O9.C13H13F13O2/c1-4-42(2,3)41(44)62-40-39-61-38-37-60-36-35-59-34-33-58-32-31-57-30-29-56-28-27-55-26-25-54-24-23-53-22-21-52-20-19-51-18-17-50-16-15-49-14-13-48-12-11-47-10-9-46-8-7-45-6-5-43;1-3-25(2)26(28)35-24-10-23-34-22-9-21-33-20-8-19-32-18-7-17-31-16-6-15-30-14-5-13-29-12-4-11-27;1-3-6(2)7(27)28-5-4-8(14,15)9(16,17)10(18,19)11(20,21)12(22,23)13(24,25)26/h43H,4-40H2,1-3H3;25,27H,3-24H2,1-2H3;6H,3-5H2,1-2H3. The molecule has 2 N–H and O–H groups in total. The maximum atomic E-state index is 13.4. The molecule has 0 aliphatic heterocycles. The highest BCUT2D eigenvalue weighted by Gasteiger charge is 2.90. The number of carbonyl (C=O) groups is 3. The van der Waals surface area contributed by atoms with Crippen LogP contribution >= 0.6 is 0 Å². The van der Waals surface area contributed by atoms with Gasteiger partial charge in [-0.05, 0) is 71.6 Å². The normalized spacial score (nSPS) is 12.9. The molecule has 0 fully saturated rings. The first-order valence-corrected chi connectivity index (χ1v) is 42.8. The molecule has 2 atom stereocenters. The number of rotatable bonds is 93. The lowest BCUT2D eigenvalue weighted by Gasteiger charge is -2.39. The van der Waals surface area contributed by atoms with Crippen LogP contribution in [0.2, 0.25) is 0 Å². The van der Waals surface area contributed by atoms with Crippen molar-refractivity contribution < 1.29 is 205 Å². The molecule has 0 aromatic rings. The first-order valence-electron chi connectivity index (χ1n) is 42.8. The molecular weight excluding hydrogens is 1720 g/mol. The van der Waals surface area contributed by atoms with Gasteiger partial charge in [0.15, 0.2) is 0 Å². The minimum Gasteiger partial charge on any atom is -0.465 e. The molecule has 750 valence electrons. The second kappa shape index (κ2) is 85.9. The van der Waals surface area contributed by atoms with Crippen molar-refractivity contribution in [1.29, 1.82) is 0 Å². The number of alkyl halides is 13. The summed E-state index contributed by atoms with van der Waals surface area (Å²) in [5.41, 5.74) is -0.463. The predicted octanol–water partition coefficient (Wildman–Crippen LogP) is 10.3. The van der Waals surface area contributed by atoms with Crippen molar-refractivity contribution in [3.8, 4) is 0 Å². The van der Waals surface area contributed by atoms with Crippen LogP contribution in [0, 0.1) is 17.3 Å². The summed E-state index contributed by atoms with van der Waals surface area (Å²) in [6, 6.07) is 0. The van der Waals surface area contributed by atoms with E-state index < -0.39 is 66.1 Å². The van der Waals surface area contributed by atoms with Crippen LogP contribution in [0.25, 0.3) is 0 Å². The highest BCUT2D eigenvalue weighted by Crippen LogP contribution is 2.60. The molecule has 0 aromatic heterocycles. The molecule has 0 radical (unpaired) electrons. The molecule has 0 amide bonds. The SMILES string of the molecule is CCC(C)(C)C(=O)OCCOCCOCCOCCOCCOCCOCCOCCOCCOCCOCCOCCOCCOCCOCCOCCOCCOCCO.CCC(C)C(=O)OCCC(F)(F)C(F)(F)C(F)(F)C(F)(F)C(F)(F)C(F)(F)F.CCC(C)C(=O)OCCCOCCCOCCCOCCCOCCCOCCCOCCCO. The zero-order chi connectivity index (χ0) is 93.6. The Morgan fingerprint density at radius 2 is 0.440 bits per heavy atom. The fourth-order valence-corrected chi connectivity index (χ4v) is 8.50. The minimum atomic E-state index is -7.93. The molecule has 0 aliphatic carbocycles. The molecule has 44 heteroatoms. The van der Waals surface area contributed by atoms with Gasteiger partial charge >= 0.3 is 53.7 Å². The Hall–Kier alpha value is -3.50. The van der Waals surface area contributed by atoms with E-state index in [4.69, 9.17) is 129 Å². The monoisotopic (exact) mass is 1860 g/mol. The quantitative estimate of drug-likeness (QED) is 0.0247. The number of hydrogen-bond donors (Lipinski definition) is 2. The van der Waals surface area contributed by atoms with Gasteiger partial charge in [-0.25, -0.2) is 0 Å². The van der Waals surface area contributed by atoms with Gasteiger partial charge in [-0.15, -0.1) is 0 Å². The number of hydrogen-bond acceptors (Lipinski definition) is 31. The van der Waals surface area contributed by atoms with Gasteiger partial charge in [0.05, 0.1) is 268 Å². The lowest BCUT2D eigenvalue weighted by molar-refractivity contribution is -0.440. The van der Waals surface area contributed by atoms with Gasteiger partial charge in [0.25, 0.3) is 0 Å². The van der Waals surface area contributed by atoms with Crippen LogP contribution in [0.15, 0.2) is 0 Å². The van der Waals surface area contributed by atoms with E-state index in [1.54, 1.807) is 0 Å². The number of carbonyl (C=O) groups excluding carboxylic acids is 3. The summed E-state index contributed by atoms with van der Waals surface area (Å²) in [6.07, 6.45) is -2.56. The Morgan fingerprint density at radius 3 is 0.656 bits per heavy atom. The Balaban J connectivity index is -0.00000198. The van der Waals surface area contributed by atoms with Gasteiger partial charge in [-0.1, -0.05) is 34.6 Å². The van der Waals surface area contributed by atoms with Crippen molar-refractivity contribution in [2.24, 2.45) is 17.3 Å². The Kier molecular flexibility index (Phi) is 86.4. The zero-order valence-electron chi connectivity index (χ0n) is 74.6. The molecule has 0 saturated carbocycles. The summed E-state index contributed by atoms with van der Waals surface area (Å²) in [4.78, 5) is 34.5. The molecule has 31 nitrogen and oxygen atoms in total. The average Bonchev–Trinajstić information content (AvgIpc) is 0.711. The second-order valence-electron chi connectivity index (χ2n) is 27.6. The van der Waals surface area contributed by atoms with E-state index in [9.17, 15) is 71.5 Å². The van der Waals surface area contributed by atoms with E-state index in [1.165, 1.54) is 13.8 Å². The molecule has 0 aromatic carbocycles. The number of ether oxygens (including phenoxy) is 26. The predicted molar refractivity (Wildman–Crippen MR) is 427 cm³/mol. The van der Waals surface area contributed by atoms with E-state index in [-0.39, 0.29) is 44.1 Å². The number of aliphatic hydroxyl groups excluding tert-OH is 2. The van der Waals surface area contributed by atoms with E-state index >= 15 is 0 Å². The molecule has 125 heavy (non-hydrogen) atoms. The van der Waals surface area contributed by atoms with Gasteiger partial charge in [-0.2, -0.15) is 57.1 Å². The molecular formula is C81H149F13O31. The van der Waals surface area contributed by atoms with E-state index in [0.717, 1.165) is 51.4 Å². The topological polar surface area (TPSA) is 332 Å². The van der Waals surface area contributed by atoms with E-state index in [1.807, 2.05) is 34.6 Å². The van der Waals surface area contributed by atoms with Crippen LogP contribution in [0.1, 0.15) is 119 Å². The highest BCUT2D eigenvalue weighted by molar-refractivity contribution is 5.75. The lowest BCUT2D eigenvalue weighted by atomic mass is 9.91. The Bertz CT molecular complexity index is 2350. The molecule has 0 saturated heterocycles. The number of halogens is 13. The van der Waals surface area contributed by atoms with Gasteiger partial charge < -0.3 is 133 Å². The smallest absolute Gasteiger partial charge is 0.460 e. The third-order valence-corrected chi connectivity index (χ3v) is 16.8. The summed E-state index contributed by atoms with van der Waals surface area (Å²) in [6.45, 7) is 35.6. The second-order valence-corrected chi connectivity index (χ2v) is 27.6. The number of esters is 3. The largest absolute Gasteiger partial charge is 0.465 e. The van der Waals surface area contributed by atoms with Crippen molar-refractivity contribution in [1.82, 2.24) is 0 Å². The van der Waals surface area contributed by atoms with E-state index in [2.05, 4.69) is 4.74 Å². The van der Waals surface area contributed by atoms with Crippen LogP contribution in [-0.2, 0) is 138 Å². The molecule has 2 unspecified atom stereocenters. The molecule has 0 heterocycles. The van der Waals surface area contributed by atoms with Crippen LogP contribution in [0.4, 0.5) is 57.1 Å². The van der Waals surface area contributed by atoms with Crippen molar-refractivity contribution in [3.63, 3.8) is 0 Å². The van der Waals surface area contributed by atoms with Gasteiger partial charge in [0.2, 0.25) is 0 Å². The Morgan fingerprint density at radius 1 is 0.240 bits per heavy atom. The summed E-state index contributed by atoms with van der Waals surface area (Å²) in [5.74, 6) is -39.7. The molecule has 0 spiro atoms. The highest BCUT2D eigenvalue weighted by atomic mass is 19.4. The van der Waals surface area contributed by atoms with Crippen molar-refractivity contribution in [2.75, 3.05) is 337 Å². The van der Waals surface area contributed by atoms with Crippen LogP contribution in [0.5, 0.6) is 0 Å². The van der Waals surface area contributed by atoms with Crippen LogP contribution in [0.3, 0.4) is 0 Å². The average molecular weight is 1870 g/mol. The maximum Gasteiger partial charge on any atom is 0.460 e. The van der Waals surface area contributed by atoms with Crippen LogP contribution in [-0.4, -0.2) is 401 Å². The van der Waals surface area contributed by atoms with Crippen molar-refractivity contribution in [3.05, 3.63) is 0 Å². The van der Waals surface area contributed by atoms with Gasteiger partial charge in [-0.3, -0.25) is 14.4 Å². The fraction of sp³-hybridized carbons (Fsp3) is 0.963. The third kappa shape index (κ3) is 71.8.